The highest BCUT2D eigenvalue weighted by Gasteiger charge is 2.33. The van der Waals surface area contributed by atoms with Crippen LogP contribution in [0.1, 0.15) is 12.1 Å². The number of carbonyl (C=O) groups excluding carboxylic acids is 1. The first-order valence-corrected chi connectivity index (χ1v) is 7.76. The Labute approximate surface area is 143 Å². The molecule has 7 heteroatoms. The van der Waals surface area contributed by atoms with E-state index in [4.69, 9.17) is 10.5 Å². The minimum absolute atomic E-state index is 0.172. The molecule has 25 heavy (non-hydrogen) atoms. The Bertz CT molecular complexity index is 1070. The molecular formula is C18H12N6O. The van der Waals surface area contributed by atoms with E-state index >= 15 is 0 Å². The number of fused-ring (bicyclic) bond motifs is 1. The van der Waals surface area contributed by atoms with Gasteiger partial charge >= 0.3 is 0 Å². The molecule has 0 radical (unpaired) electrons. The standard InChI is InChI=1S/C18H12N6O/c19-9-13-3-6-23(18(13)25)16-2-5-22-24-11-14(8-17(16)24)12-1-4-21-15(7-12)10-20/h1-2,4-5,7-8,11,13H,3,6H2. The number of hydrogen-bond donors (Lipinski definition) is 0. The van der Waals surface area contributed by atoms with Gasteiger partial charge in [0.25, 0.3) is 0 Å². The van der Waals surface area contributed by atoms with Crippen molar-refractivity contribution in [3.8, 4) is 23.3 Å². The smallest absolute Gasteiger partial charge is 0.244 e. The number of hydrogen-bond acceptors (Lipinski definition) is 5. The maximum Gasteiger partial charge on any atom is 0.244 e. The SMILES string of the molecule is N#Cc1cc(-c2cc3c(N4CCC(C#N)C4=O)ccnn3c2)ccn1. The van der Waals surface area contributed by atoms with E-state index in [1.807, 2.05) is 24.4 Å². The zero-order valence-electron chi connectivity index (χ0n) is 13.1. The quantitative estimate of drug-likeness (QED) is 0.718. The summed E-state index contributed by atoms with van der Waals surface area (Å²) < 4.78 is 1.70. The summed E-state index contributed by atoms with van der Waals surface area (Å²) in [5.74, 6) is -0.755. The number of anilines is 1. The Morgan fingerprint density at radius 1 is 1.16 bits per heavy atom. The van der Waals surface area contributed by atoms with Crippen LogP contribution in [0.15, 0.2) is 42.9 Å². The predicted octanol–water partition coefficient (Wildman–Crippen LogP) is 2.14. The van der Waals surface area contributed by atoms with Crippen molar-refractivity contribution in [2.24, 2.45) is 5.92 Å². The number of rotatable bonds is 2. The molecule has 3 aromatic heterocycles. The Morgan fingerprint density at radius 3 is 2.80 bits per heavy atom. The van der Waals surface area contributed by atoms with Crippen LogP contribution in [-0.2, 0) is 4.79 Å². The molecule has 1 aliphatic rings. The lowest BCUT2D eigenvalue weighted by atomic mass is 10.1. The molecular weight excluding hydrogens is 316 g/mol. The Morgan fingerprint density at radius 2 is 2.04 bits per heavy atom. The van der Waals surface area contributed by atoms with Crippen LogP contribution < -0.4 is 4.90 Å². The average Bonchev–Trinajstić information content (AvgIpc) is 3.25. The van der Waals surface area contributed by atoms with Gasteiger partial charge in [0, 0.05) is 30.7 Å². The molecule has 0 N–H and O–H groups in total. The molecule has 120 valence electrons. The molecule has 1 amide bonds. The summed E-state index contributed by atoms with van der Waals surface area (Å²) in [5.41, 5.74) is 3.58. The highest BCUT2D eigenvalue weighted by Crippen LogP contribution is 2.31. The lowest BCUT2D eigenvalue weighted by Crippen LogP contribution is -2.27. The maximum absolute atomic E-state index is 12.4. The van der Waals surface area contributed by atoms with E-state index in [-0.39, 0.29) is 5.91 Å². The fourth-order valence-electron chi connectivity index (χ4n) is 3.10. The van der Waals surface area contributed by atoms with Crippen molar-refractivity contribution in [2.75, 3.05) is 11.4 Å². The second-order valence-electron chi connectivity index (χ2n) is 5.78. The van der Waals surface area contributed by atoms with Crippen LogP contribution >= 0.6 is 0 Å². The number of aromatic nitrogens is 3. The highest BCUT2D eigenvalue weighted by atomic mass is 16.2. The van der Waals surface area contributed by atoms with Crippen LogP contribution in [-0.4, -0.2) is 27.0 Å². The van der Waals surface area contributed by atoms with Crippen molar-refractivity contribution in [1.29, 1.82) is 10.5 Å². The largest absolute Gasteiger partial charge is 0.309 e. The second-order valence-corrected chi connectivity index (χ2v) is 5.78. The first kappa shape index (κ1) is 14.9. The van der Waals surface area contributed by atoms with Crippen LogP contribution in [0.5, 0.6) is 0 Å². The molecule has 4 rings (SSSR count). The van der Waals surface area contributed by atoms with Crippen molar-refractivity contribution in [3.05, 3.63) is 48.5 Å². The molecule has 1 aliphatic heterocycles. The van der Waals surface area contributed by atoms with Gasteiger partial charge in [-0.25, -0.2) is 9.50 Å². The van der Waals surface area contributed by atoms with E-state index in [2.05, 4.69) is 16.2 Å². The van der Waals surface area contributed by atoms with Crippen molar-refractivity contribution < 1.29 is 4.79 Å². The van der Waals surface area contributed by atoms with E-state index in [9.17, 15) is 4.79 Å². The van der Waals surface area contributed by atoms with Gasteiger partial charge in [-0.2, -0.15) is 15.6 Å². The first-order valence-electron chi connectivity index (χ1n) is 7.76. The molecule has 1 unspecified atom stereocenters. The van der Waals surface area contributed by atoms with Gasteiger partial charge in [-0.05, 0) is 36.2 Å². The second kappa shape index (κ2) is 5.73. The highest BCUT2D eigenvalue weighted by molar-refractivity contribution is 6.02. The zero-order valence-corrected chi connectivity index (χ0v) is 13.1. The third-order valence-electron chi connectivity index (χ3n) is 4.35. The Kier molecular flexibility index (Phi) is 3.41. The van der Waals surface area contributed by atoms with Crippen LogP contribution in [0.4, 0.5) is 5.69 Å². The number of carbonyl (C=O) groups is 1. The van der Waals surface area contributed by atoms with Gasteiger partial charge in [-0.1, -0.05) is 0 Å². The Hall–Kier alpha value is -3.71. The van der Waals surface area contributed by atoms with Crippen molar-refractivity contribution in [1.82, 2.24) is 14.6 Å². The molecule has 3 aromatic rings. The number of amides is 1. The van der Waals surface area contributed by atoms with E-state index in [1.165, 1.54) is 0 Å². The average molecular weight is 328 g/mol. The van der Waals surface area contributed by atoms with Crippen LogP contribution in [0.2, 0.25) is 0 Å². The lowest BCUT2D eigenvalue weighted by Gasteiger charge is -2.16. The maximum atomic E-state index is 12.4. The fraction of sp³-hybridized carbons (Fsp3) is 0.167. The number of nitrogens with zero attached hydrogens (tertiary/aromatic N) is 6. The third kappa shape index (κ3) is 2.39. The number of nitriles is 2. The van der Waals surface area contributed by atoms with Gasteiger partial charge in [0.1, 0.15) is 17.7 Å². The van der Waals surface area contributed by atoms with E-state index in [0.717, 1.165) is 22.3 Å². The summed E-state index contributed by atoms with van der Waals surface area (Å²) >= 11 is 0. The summed E-state index contributed by atoms with van der Waals surface area (Å²) in [6, 6.07) is 11.3. The molecule has 0 bridgehead atoms. The molecule has 1 saturated heterocycles. The molecule has 0 aromatic carbocycles. The molecule has 4 heterocycles. The lowest BCUT2D eigenvalue weighted by molar-refractivity contribution is -0.118. The van der Waals surface area contributed by atoms with Gasteiger partial charge in [0.05, 0.1) is 17.3 Å². The molecule has 1 fully saturated rings. The summed E-state index contributed by atoms with van der Waals surface area (Å²) in [4.78, 5) is 18.0. The predicted molar refractivity (Wildman–Crippen MR) is 89.2 cm³/mol. The van der Waals surface area contributed by atoms with Gasteiger partial charge < -0.3 is 4.90 Å². The van der Waals surface area contributed by atoms with Crippen LogP contribution in [0.3, 0.4) is 0 Å². The normalized spacial score (nSPS) is 16.8. The molecule has 7 nitrogen and oxygen atoms in total. The van der Waals surface area contributed by atoms with E-state index in [0.29, 0.717) is 18.7 Å². The molecule has 1 atom stereocenters. The first-order chi connectivity index (χ1) is 12.2. The van der Waals surface area contributed by atoms with Gasteiger partial charge in [0.15, 0.2) is 0 Å². The van der Waals surface area contributed by atoms with Gasteiger partial charge in [-0.15, -0.1) is 0 Å². The molecule has 0 saturated carbocycles. The van der Waals surface area contributed by atoms with E-state index in [1.54, 1.807) is 33.9 Å². The minimum Gasteiger partial charge on any atom is -0.309 e. The van der Waals surface area contributed by atoms with Crippen molar-refractivity contribution in [2.45, 2.75) is 6.42 Å². The topological polar surface area (TPSA) is 98.1 Å². The molecule has 0 spiro atoms. The van der Waals surface area contributed by atoms with E-state index < -0.39 is 5.92 Å². The summed E-state index contributed by atoms with van der Waals surface area (Å²) in [6.45, 7) is 0.519. The summed E-state index contributed by atoms with van der Waals surface area (Å²) in [6.07, 6.45) is 5.60. The summed E-state index contributed by atoms with van der Waals surface area (Å²) in [7, 11) is 0. The summed E-state index contributed by atoms with van der Waals surface area (Å²) in [5, 5.41) is 22.4. The third-order valence-corrected chi connectivity index (χ3v) is 4.35. The van der Waals surface area contributed by atoms with Crippen LogP contribution in [0, 0.1) is 28.6 Å². The minimum atomic E-state index is -0.582. The van der Waals surface area contributed by atoms with Crippen LogP contribution in [0.25, 0.3) is 16.6 Å². The fourth-order valence-corrected chi connectivity index (χ4v) is 3.10. The van der Waals surface area contributed by atoms with Gasteiger partial charge in [0.2, 0.25) is 5.91 Å². The molecule has 0 aliphatic carbocycles. The van der Waals surface area contributed by atoms with Crippen molar-refractivity contribution >= 4 is 17.1 Å². The Balaban J connectivity index is 1.81. The van der Waals surface area contributed by atoms with Crippen molar-refractivity contribution in [3.63, 3.8) is 0 Å². The zero-order chi connectivity index (χ0) is 17.4. The van der Waals surface area contributed by atoms with Gasteiger partial charge in [-0.3, -0.25) is 4.79 Å². The number of pyridine rings is 1. The monoisotopic (exact) mass is 328 g/mol.